The molecule has 0 fully saturated rings. The molecule has 5 nitrogen and oxygen atoms in total. The van der Waals surface area contributed by atoms with E-state index in [0.717, 1.165) is 47.7 Å². The zero-order chi connectivity index (χ0) is 13.8. The summed E-state index contributed by atoms with van der Waals surface area (Å²) in [5.74, 6) is 2.50. The topological polar surface area (TPSA) is 55.4 Å². The van der Waals surface area contributed by atoms with Crippen LogP contribution in [0.15, 0.2) is 24.4 Å². The van der Waals surface area contributed by atoms with Gasteiger partial charge in [-0.1, -0.05) is 6.92 Å². The van der Waals surface area contributed by atoms with E-state index >= 15 is 0 Å². The number of ether oxygens (including phenoxy) is 2. The Morgan fingerprint density at radius 2 is 1.95 bits per heavy atom. The second-order valence-corrected chi connectivity index (χ2v) is 4.66. The van der Waals surface area contributed by atoms with E-state index in [1.807, 2.05) is 24.4 Å². The van der Waals surface area contributed by atoms with Crippen LogP contribution >= 0.6 is 0 Å². The molecule has 0 aliphatic carbocycles. The first kappa shape index (κ1) is 13.0. The van der Waals surface area contributed by atoms with Gasteiger partial charge in [0.15, 0.2) is 11.5 Å². The second-order valence-electron chi connectivity index (χ2n) is 4.66. The fourth-order valence-corrected chi connectivity index (χ4v) is 2.30. The van der Waals surface area contributed by atoms with Crippen molar-refractivity contribution in [1.29, 1.82) is 0 Å². The van der Waals surface area contributed by atoms with Crippen LogP contribution in [0.25, 0.3) is 10.8 Å². The minimum absolute atomic E-state index is 0.599. The van der Waals surface area contributed by atoms with E-state index in [4.69, 9.17) is 9.47 Å². The molecule has 1 aromatic carbocycles. The van der Waals surface area contributed by atoms with Crippen LogP contribution < -0.4 is 20.1 Å². The average Bonchev–Trinajstić information content (AvgIpc) is 2.50. The number of likely N-dealkylation sites (N-methyl/N-ethyl adjacent to an activating group) is 1. The van der Waals surface area contributed by atoms with Crippen molar-refractivity contribution in [2.24, 2.45) is 0 Å². The maximum absolute atomic E-state index is 5.64. The number of pyridine rings is 1. The molecule has 0 radical (unpaired) electrons. The molecule has 5 heteroatoms. The number of fused-ring (bicyclic) bond motifs is 2. The second kappa shape index (κ2) is 5.96. The van der Waals surface area contributed by atoms with Crippen LogP contribution in [-0.4, -0.2) is 37.8 Å². The first-order chi connectivity index (χ1) is 9.88. The largest absolute Gasteiger partial charge is 0.486 e. The predicted octanol–water partition coefficient (Wildman–Crippen LogP) is 2.03. The van der Waals surface area contributed by atoms with Crippen LogP contribution in [0.5, 0.6) is 11.5 Å². The Morgan fingerprint density at radius 1 is 1.15 bits per heavy atom. The molecule has 2 N–H and O–H groups in total. The Balaban J connectivity index is 1.88. The minimum atomic E-state index is 0.599. The molecule has 1 aliphatic rings. The van der Waals surface area contributed by atoms with Crippen molar-refractivity contribution in [3.8, 4) is 11.5 Å². The number of nitrogens with zero attached hydrogens (tertiary/aromatic N) is 1. The molecule has 0 bridgehead atoms. The summed E-state index contributed by atoms with van der Waals surface area (Å²) in [4.78, 5) is 4.42. The molecule has 0 saturated heterocycles. The molecule has 0 spiro atoms. The lowest BCUT2D eigenvalue weighted by atomic mass is 10.1. The van der Waals surface area contributed by atoms with E-state index in [9.17, 15) is 0 Å². The fourth-order valence-electron chi connectivity index (χ4n) is 2.30. The zero-order valence-electron chi connectivity index (χ0n) is 11.6. The van der Waals surface area contributed by atoms with Crippen LogP contribution in [0.3, 0.4) is 0 Å². The normalized spacial score (nSPS) is 13.4. The average molecular weight is 273 g/mol. The quantitative estimate of drug-likeness (QED) is 0.816. The lowest BCUT2D eigenvalue weighted by Gasteiger charge is -2.19. The highest BCUT2D eigenvalue weighted by molar-refractivity contribution is 5.94. The van der Waals surface area contributed by atoms with Gasteiger partial charge in [-0.25, -0.2) is 4.98 Å². The summed E-state index contributed by atoms with van der Waals surface area (Å²) < 4.78 is 11.2. The van der Waals surface area contributed by atoms with Crippen molar-refractivity contribution >= 4 is 16.6 Å². The van der Waals surface area contributed by atoms with Crippen molar-refractivity contribution in [1.82, 2.24) is 10.3 Å². The number of hydrogen-bond donors (Lipinski definition) is 2. The standard InChI is InChI=1S/C15H19N3O2/c1-2-16-5-6-18-15-12-10-14-13(19-7-8-20-14)9-11(12)3-4-17-15/h3-4,9-10,16H,2,5-8H2,1H3,(H,17,18). The molecule has 2 heterocycles. The monoisotopic (exact) mass is 273 g/mol. The van der Waals surface area contributed by atoms with Crippen LogP contribution in [0.2, 0.25) is 0 Å². The molecule has 3 rings (SSSR count). The van der Waals surface area contributed by atoms with Gasteiger partial charge in [-0.2, -0.15) is 0 Å². The number of hydrogen-bond acceptors (Lipinski definition) is 5. The molecular weight excluding hydrogens is 254 g/mol. The predicted molar refractivity (Wildman–Crippen MR) is 79.8 cm³/mol. The third-order valence-corrected chi connectivity index (χ3v) is 3.27. The SMILES string of the molecule is CCNCCNc1nccc2cc3c(cc12)OCCO3. The molecule has 0 atom stereocenters. The van der Waals surface area contributed by atoms with E-state index in [-0.39, 0.29) is 0 Å². The van der Waals surface area contributed by atoms with Gasteiger partial charge in [0.25, 0.3) is 0 Å². The highest BCUT2D eigenvalue weighted by Gasteiger charge is 2.14. The molecule has 20 heavy (non-hydrogen) atoms. The van der Waals surface area contributed by atoms with Crippen LogP contribution in [0.1, 0.15) is 6.92 Å². The number of benzene rings is 1. The lowest BCUT2D eigenvalue weighted by molar-refractivity contribution is 0.172. The Morgan fingerprint density at radius 3 is 2.75 bits per heavy atom. The molecule has 0 amide bonds. The van der Waals surface area contributed by atoms with Crippen LogP contribution in [0, 0.1) is 0 Å². The highest BCUT2D eigenvalue weighted by Crippen LogP contribution is 2.36. The summed E-state index contributed by atoms with van der Waals surface area (Å²) >= 11 is 0. The smallest absolute Gasteiger partial charge is 0.162 e. The number of anilines is 1. The van der Waals surface area contributed by atoms with Gasteiger partial charge in [-0.15, -0.1) is 0 Å². The zero-order valence-corrected chi connectivity index (χ0v) is 11.6. The van der Waals surface area contributed by atoms with Gasteiger partial charge in [0.05, 0.1) is 0 Å². The first-order valence-electron chi connectivity index (χ1n) is 7.01. The molecule has 2 aromatic rings. The third-order valence-electron chi connectivity index (χ3n) is 3.27. The van der Waals surface area contributed by atoms with Gasteiger partial charge in [0.2, 0.25) is 0 Å². The molecule has 106 valence electrons. The van der Waals surface area contributed by atoms with E-state index in [2.05, 4.69) is 22.5 Å². The van der Waals surface area contributed by atoms with Gasteiger partial charge < -0.3 is 20.1 Å². The van der Waals surface area contributed by atoms with E-state index in [0.29, 0.717) is 13.2 Å². The van der Waals surface area contributed by atoms with E-state index in [1.54, 1.807) is 0 Å². The number of aromatic nitrogens is 1. The minimum Gasteiger partial charge on any atom is -0.486 e. The highest BCUT2D eigenvalue weighted by atomic mass is 16.6. The lowest BCUT2D eigenvalue weighted by Crippen LogP contribution is -2.22. The summed E-state index contributed by atoms with van der Waals surface area (Å²) in [7, 11) is 0. The Hall–Kier alpha value is -2.01. The summed E-state index contributed by atoms with van der Waals surface area (Å²) in [6.45, 7) is 6.04. The first-order valence-corrected chi connectivity index (χ1v) is 7.01. The van der Waals surface area contributed by atoms with Gasteiger partial charge in [0.1, 0.15) is 19.0 Å². The maximum Gasteiger partial charge on any atom is 0.162 e. The van der Waals surface area contributed by atoms with Crippen LogP contribution in [-0.2, 0) is 0 Å². The summed E-state index contributed by atoms with van der Waals surface area (Å²) in [6, 6.07) is 6.01. The molecular formula is C15H19N3O2. The van der Waals surface area contributed by atoms with Gasteiger partial charge >= 0.3 is 0 Å². The summed E-state index contributed by atoms with van der Waals surface area (Å²) in [5.41, 5.74) is 0. The van der Waals surface area contributed by atoms with Crippen molar-refractivity contribution in [2.45, 2.75) is 6.92 Å². The molecule has 1 aromatic heterocycles. The van der Waals surface area contributed by atoms with Crippen molar-refractivity contribution in [3.63, 3.8) is 0 Å². The Kier molecular flexibility index (Phi) is 3.87. The van der Waals surface area contributed by atoms with Crippen LogP contribution in [0.4, 0.5) is 5.82 Å². The van der Waals surface area contributed by atoms with Gasteiger partial charge in [-0.3, -0.25) is 0 Å². The number of nitrogens with one attached hydrogen (secondary N) is 2. The summed E-state index contributed by atoms with van der Waals surface area (Å²) in [5, 5.41) is 8.81. The van der Waals surface area contributed by atoms with Gasteiger partial charge in [-0.05, 0) is 30.1 Å². The van der Waals surface area contributed by atoms with Gasteiger partial charge in [0, 0.05) is 24.7 Å². The Labute approximate surface area is 118 Å². The molecule has 0 unspecified atom stereocenters. The maximum atomic E-state index is 5.64. The fraction of sp³-hybridized carbons (Fsp3) is 0.400. The third kappa shape index (κ3) is 2.63. The molecule has 0 saturated carbocycles. The van der Waals surface area contributed by atoms with E-state index in [1.165, 1.54) is 0 Å². The molecule has 1 aliphatic heterocycles. The number of rotatable bonds is 5. The Bertz CT molecular complexity index is 601. The van der Waals surface area contributed by atoms with Crippen molar-refractivity contribution < 1.29 is 9.47 Å². The summed E-state index contributed by atoms with van der Waals surface area (Å²) in [6.07, 6.45) is 1.81. The van der Waals surface area contributed by atoms with E-state index < -0.39 is 0 Å². The van der Waals surface area contributed by atoms with Crippen molar-refractivity contribution in [2.75, 3.05) is 38.2 Å². The van der Waals surface area contributed by atoms with Crippen molar-refractivity contribution in [3.05, 3.63) is 24.4 Å².